The van der Waals surface area contributed by atoms with Crippen molar-refractivity contribution in [3.8, 4) is 0 Å². The molecule has 1 aromatic rings. The van der Waals surface area contributed by atoms with E-state index in [1.54, 1.807) is 0 Å². The van der Waals surface area contributed by atoms with E-state index in [0.29, 0.717) is 0 Å². The van der Waals surface area contributed by atoms with Crippen LogP contribution < -0.4 is 5.32 Å². The largest absolute Gasteiger partial charge is 0.344 e. The number of imidazole rings is 1. The normalized spacial score (nSPS) is 10.6. The monoisotopic (exact) mass is 199 g/mol. The molecule has 0 saturated carbocycles. The van der Waals surface area contributed by atoms with Gasteiger partial charge < -0.3 is 10.3 Å². The Morgan fingerprint density at radius 1 is 1.62 bits per heavy atom. The van der Waals surface area contributed by atoms with Crippen LogP contribution in [0.2, 0.25) is 0 Å². The minimum absolute atomic E-state index is 0.867. The van der Waals surface area contributed by atoms with Crippen LogP contribution in [0.3, 0.4) is 0 Å². The number of H-pyrrole nitrogens is 1. The zero-order valence-electron chi connectivity index (χ0n) is 8.26. The van der Waals surface area contributed by atoms with Gasteiger partial charge in [-0.05, 0) is 19.2 Å². The number of nitrogens with zero attached hydrogens (tertiary/aromatic N) is 1. The van der Waals surface area contributed by atoms with E-state index >= 15 is 0 Å². The molecule has 3 nitrogen and oxygen atoms in total. The molecule has 1 rings (SSSR count). The second-order valence-electron chi connectivity index (χ2n) is 2.94. The Bertz CT molecular complexity index is 235. The summed E-state index contributed by atoms with van der Waals surface area (Å²) in [5.41, 5.74) is 1.16. The summed E-state index contributed by atoms with van der Waals surface area (Å²) in [6.07, 6.45) is 3.13. The van der Waals surface area contributed by atoms with Crippen LogP contribution in [0.15, 0.2) is 6.20 Å². The van der Waals surface area contributed by atoms with Gasteiger partial charge in [0.25, 0.3) is 0 Å². The van der Waals surface area contributed by atoms with Crippen molar-refractivity contribution in [2.45, 2.75) is 25.6 Å². The van der Waals surface area contributed by atoms with Crippen molar-refractivity contribution >= 4 is 11.8 Å². The van der Waals surface area contributed by atoms with Crippen LogP contribution in [0, 0.1) is 0 Å². The zero-order valence-corrected chi connectivity index (χ0v) is 9.08. The third-order valence-corrected chi connectivity index (χ3v) is 2.81. The smallest absolute Gasteiger partial charge is 0.116 e. The van der Waals surface area contributed by atoms with E-state index in [1.165, 1.54) is 12.2 Å². The summed E-state index contributed by atoms with van der Waals surface area (Å²) in [5, 5.41) is 3.09. The molecule has 0 bridgehead atoms. The lowest BCUT2D eigenvalue weighted by molar-refractivity contribution is 0.794. The topological polar surface area (TPSA) is 40.7 Å². The minimum atomic E-state index is 0.867. The van der Waals surface area contributed by atoms with Crippen LogP contribution in [-0.4, -0.2) is 22.8 Å². The van der Waals surface area contributed by atoms with E-state index in [9.17, 15) is 0 Å². The lowest BCUT2D eigenvalue weighted by Crippen LogP contribution is -2.05. The van der Waals surface area contributed by atoms with Crippen LogP contribution in [-0.2, 0) is 12.3 Å². The first-order valence-corrected chi connectivity index (χ1v) is 5.77. The molecule has 2 N–H and O–H groups in total. The van der Waals surface area contributed by atoms with E-state index in [4.69, 9.17) is 0 Å². The molecule has 0 aromatic carbocycles. The third kappa shape index (κ3) is 3.83. The Balaban J connectivity index is 2.31. The Labute approximate surface area is 83.7 Å². The van der Waals surface area contributed by atoms with E-state index in [0.717, 1.165) is 23.8 Å². The van der Waals surface area contributed by atoms with Gasteiger partial charge in [0.1, 0.15) is 5.82 Å². The summed E-state index contributed by atoms with van der Waals surface area (Å²) in [6, 6.07) is 0. The summed E-state index contributed by atoms with van der Waals surface area (Å²) >= 11 is 1.92. The quantitative estimate of drug-likeness (QED) is 0.686. The Morgan fingerprint density at radius 3 is 3.15 bits per heavy atom. The van der Waals surface area contributed by atoms with Gasteiger partial charge in [-0.15, -0.1) is 0 Å². The lowest BCUT2D eigenvalue weighted by Gasteiger charge is -1.96. The fraction of sp³-hybridized carbons (Fsp3) is 0.667. The number of nitrogens with one attached hydrogen (secondary N) is 2. The van der Waals surface area contributed by atoms with Gasteiger partial charge in [0.05, 0.1) is 5.75 Å². The second-order valence-corrected chi connectivity index (χ2v) is 4.04. The fourth-order valence-electron chi connectivity index (χ4n) is 1.07. The molecule has 0 aliphatic carbocycles. The van der Waals surface area contributed by atoms with Crippen molar-refractivity contribution in [1.82, 2.24) is 15.3 Å². The van der Waals surface area contributed by atoms with E-state index < -0.39 is 0 Å². The van der Waals surface area contributed by atoms with Crippen molar-refractivity contribution in [1.29, 1.82) is 0 Å². The fourth-order valence-corrected chi connectivity index (χ4v) is 1.85. The second kappa shape index (κ2) is 6.05. The maximum Gasteiger partial charge on any atom is 0.116 e. The molecule has 0 amide bonds. The van der Waals surface area contributed by atoms with Crippen molar-refractivity contribution in [3.63, 3.8) is 0 Å². The predicted octanol–water partition coefficient (Wildman–Crippen LogP) is 1.77. The van der Waals surface area contributed by atoms with Crippen molar-refractivity contribution < 1.29 is 0 Å². The third-order valence-electron chi connectivity index (χ3n) is 1.64. The number of aromatic nitrogens is 2. The first kappa shape index (κ1) is 10.6. The molecule has 13 heavy (non-hydrogen) atoms. The van der Waals surface area contributed by atoms with Gasteiger partial charge in [-0.25, -0.2) is 4.98 Å². The maximum atomic E-state index is 4.29. The molecule has 4 heteroatoms. The van der Waals surface area contributed by atoms with Crippen LogP contribution >= 0.6 is 11.8 Å². The van der Waals surface area contributed by atoms with Gasteiger partial charge in [-0.1, -0.05) is 6.92 Å². The number of aromatic amines is 1. The summed E-state index contributed by atoms with van der Waals surface area (Å²) in [7, 11) is 1.94. The molecule has 0 radical (unpaired) electrons. The highest BCUT2D eigenvalue weighted by Gasteiger charge is 1.98. The van der Waals surface area contributed by atoms with Gasteiger partial charge in [0.15, 0.2) is 0 Å². The average Bonchev–Trinajstić information content (AvgIpc) is 2.54. The highest BCUT2D eigenvalue weighted by Crippen LogP contribution is 2.09. The predicted molar refractivity (Wildman–Crippen MR) is 57.8 cm³/mol. The number of hydrogen-bond acceptors (Lipinski definition) is 3. The molecular weight excluding hydrogens is 182 g/mol. The van der Waals surface area contributed by atoms with E-state index in [-0.39, 0.29) is 0 Å². The first-order chi connectivity index (χ1) is 6.36. The van der Waals surface area contributed by atoms with Crippen LogP contribution in [0.5, 0.6) is 0 Å². The molecule has 0 aliphatic rings. The van der Waals surface area contributed by atoms with Crippen molar-refractivity contribution in [3.05, 3.63) is 17.7 Å². The molecule has 0 saturated heterocycles. The average molecular weight is 199 g/mol. The van der Waals surface area contributed by atoms with Gasteiger partial charge >= 0.3 is 0 Å². The van der Waals surface area contributed by atoms with Crippen LogP contribution in [0.1, 0.15) is 24.9 Å². The van der Waals surface area contributed by atoms with Crippen molar-refractivity contribution in [2.24, 2.45) is 0 Å². The van der Waals surface area contributed by atoms with E-state index in [1.807, 2.05) is 25.0 Å². The Morgan fingerprint density at radius 2 is 2.46 bits per heavy atom. The molecule has 0 atom stereocenters. The number of hydrogen-bond donors (Lipinski definition) is 2. The van der Waals surface area contributed by atoms with Gasteiger partial charge in [-0.3, -0.25) is 0 Å². The molecule has 1 heterocycles. The minimum Gasteiger partial charge on any atom is -0.344 e. The Hall–Kier alpha value is -0.480. The van der Waals surface area contributed by atoms with Gasteiger partial charge in [0.2, 0.25) is 0 Å². The Kier molecular flexibility index (Phi) is 4.93. The standard InChI is InChI=1S/C9H17N3S/c1-3-4-13-7-9-11-6-8(12-9)5-10-2/h6,10H,3-5,7H2,1-2H3,(H,11,12). The molecule has 0 fully saturated rings. The molecule has 0 aliphatic heterocycles. The molecule has 0 unspecified atom stereocenters. The SMILES string of the molecule is CCCSCc1ncc(CNC)[nH]1. The lowest BCUT2D eigenvalue weighted by atomic mass is 10.5. The summed E-state index contributed by atoms with van der Waals surface area (Å²) in [5.74, 6) is 3.29. The highest BCUT2D eigenvalue weighted by atomic mass is 32.2. The van der Waals surface area contributed by atoms with E-state index in [2.05, 4.69) is 22.2 Å². The molecule has 1 aromatic heterocycles. The molecule has 0 spiro atoms. The summed E-state index contributed by atoms with van der Waals surface area (Å²) in [4.78, 5) is 7.57. The zero-order chi connectivity index (χ0) is 9.52. The first-order valence-electron chi connectivity index (χ1n) is 4.62. The number of thioether (sulfide) groups is 1. The van der Waals surface area contributed by atoms with Gasteiger partial charge in [0, 0.05) is 18.4 Å². The molecule has 74 valence electrons. The highest BCUT2D eigenvalue weighted by molar-refractivity contribution is 7.98. The van der Waals surface area contributed by atoms with Gasteiger partial charge in [-0.2, -0.15) is 11.8 Å². The number of rotatable bonds is 6. The molecular formula is C9H17N3S. The summed E-state index contributed by atoms with van der Waals surface area (Å²) in [6.45, 7) is 3.06. The maximum absolute atomic E-state index is 4.29. The summed E-state index contributed by atoms with van der Waals surface area (Å²) < 4.78 is 0. The van der Waals surface area contributed by atoms with Crippen LogP contribution in [0.4, 0.5) is 0 Å². The van der Waals surface area contributed by atoms with Crippen LogP contribution in [0.25, 0.3) is 0 Å². The van der Waals surface area contributed by atoms with Crippen molar-refractivity contribution in [2.75, 3.05) is 12.8 Å².